The second kappa shape index (κ2) is 3.97. The van der Waals surface area contributed by atoms with Crippen molar-refractivity contribution in [2.75, 3.05) is 0 Å². The lowest BCUT2D eigenvalue weighted by atomic mass is 9.95. The molecule has 2 aromatic rings. The summed E-state index contributed by atoms with van der Waals surface area (Å²) in [6, 6.07) is 7.81. The maximum Gasteiger partial charge on any atom is 0.216 e. The topological polar surface area (TPSA) is 12.9 Å². The first-order valence-corrected chi connectivity index (χ1v) is 5.27. The third-order valence-corrected chi connectivity index (χ3v) is 2.90. The van der Waals surface area contributed by atoms with Gasteiger partial charge in [0.05, 0.1) is 0 Å². The zero-order chi connectivity index (χ0) is 10.8. The Bertz CT molecular complexity index is 479. The summed E-state index contributed by atoms with van der Waals surface area (Å²) in [7, 11) is 0. The van der Waals surface area contributed by atoms with Gasteiger partial charge in [-0.3, -0.25) is 0 Å². The molecule has 0 fully saturated rings. The normalized spacial score (nSPS) is 13.0. The summed E-state index contributed by atoms with van der Waals surface area (Å²) in [6.07, 6.45) is 2.52. The maximum absolute atomic E-state index is 13.6. The van der Waals surface area contributed by atoms with Crippen LogP contribution in [0.3, 0.4) is 0 Å². The van der Waals surface area contributed by atoms with E-state index in [1.54, 1.807) is 6.20 Å². The lowest BCUT2D eigenvalue weighted by Gasteiger charge is -2.12. The predicted molar refractivity (Wildman–Crippen MR) is 60.4 cm³/mol. The van der Waals surface area contributed by atoms with Crippen molar-refractivity contribution >= 4 is 10.8 Å². The van der Waals surface area contributed by atoms with Gasteiger partial charge in [0, 0.05) is 17.1 Å². The molecule has 1 aromatic heterocycles. The van der Waals surface area contributed by atoms with Crippen LogP contribution >= 0.6 is 0 Å². The maximum atomic E-state index is 13.6. The highest BCUT2D eigenvalue weighted by Gasteiger charge is 2.13. The summed E-state index contributed by atoms with van der Waals surface area (Å²) < 4.78 is 13.6. The second-order valence-corrected chi connectivity index (χ2v) is 3.86. The molecule has 78 valence electrons. The van der Waals surface area contributed by atoms with Crippen LogP contribution in [0.2, 0.25) is 0 Å². The Hall–Kier alpha value is -1.44. The van der Waals surface area contributed by atoms with Crippen LogP contribution in [0, 0.1) is 5.95 Å². The smallest absolute Gasteiger partial charge is 0.216 e. The first kappa shape index (κ1) is 10.1. The van der Waals surface area contributed by atoms with Crippen LogP contribution in [0.5, 0.6) is 0 Å². The molecule has 1 nitrogen and oxygen atoms in total. The van der Waals surface area contributed by atoms with Crippen molar-refractivity contribution < 1.29 is 4.39 Å². The number of halogens is 1. The van der Waals surface area contributed by atoms with E-state index < -0.39 is 0 Å². The minimum Gasteiger partial charge on any atom is -0.227 e. The van der Waals surface area contributed by atoms with Crippen LogP contribution < -0.4 is 0 Å². The van der Waals surface area contributed by atoms with Gasteiger partial charge >= 0.3 is 0 Å². The summed E-state index contributed by atoms with van der Waals surface area (Å²) in [6.45, 7) is 4.10. The van der Waals surface area contributed by atoms with E-state index in [0.29, 0.717) is 0 Å². The number of aromatic nitrogens is 1. The zero-order valence-electron chi connectivity index (χ0n) is 9.00. The van der Waals surface area contributed by atoms with Crippen molar-refractivity contribution in [3.8, 4) is 0 Å². The molecule has 1 heterocycles. The van der Waals surface area contributed by atoms with Crippen LogP contribution in [-0.4, -0.2) is 4.98 Å². The van der Waals surface area contributed by atoms with Crippen LogP contribution in [0.4, 0.5) is 4.39 Å². The van der Waals surface area contributed by atoms with E-state index in [-0.39, 0.29) is 11.9 Å². The number of hydrogen-bond acceptors (Lipinski definition) is 1. The minimum absolute atomic E-state index is 0.212. The van der Waals surface area contributed by atoms with Gasteiger partial charge in [-0.15, -0.1) is 0 Å². The summed E-state index contributed by atoms with van der Waals surface area (Å²) in [5.41, 5.74) is 0.746. The average molecular weight is 203 g/mol. The summed E-state index contributed by atoms with van der Waals surface area (Å²) in [4.78, 5) is 3.81. The SMILES string of the molecule is CCC(C)c1c(F)ncc2ccccc12. The predicted octanol–water partition coefficient (Wildman–Crippen LogP) is 3.89. The molecule has 0 aliphatic rings. The van der Waals surface area contributed by atoms with Gasteiger partial charge in [-0.05, 0) is 17.7 Å². The summed E-state index contributed by atoms with van der Waals surface area (Å²) in [5.74, 6) is -0.119. The second-order valence-electron chi connectivity index (χ2n) is 3.86. The molecule has 2 heteroatoms. The Morgan fingerprint density at radius 3 is 2.80 bits per heavy atom. The van der Waals surface area contributed by atoms with Crippen molar-refractivity contribution in [2.24, 2.45) is 0 Å². The standard InChI is InChI=1S/C13H14FN/c1-3-9(2)12-11-7-5-4-6-10(11)8-15-13(12)14/h4-9H,3H2,1-2H3. The van der Waals surface area contributed by atoms with Crippen molar-refractivity contribution in [3.63, 3.8) is 0 Å². The van der Waals surface area contributed by atoms with Gasteiger partial charge in [0.25, 0.3) is 0 Å². The molecule has 0 saturated carbocycles. The van der Waals surface area contributed by atoms with E-state index in [1.807, 2.05) is 31.2 Å². The highest BCUT2D eigenvalue weighted by Crippen LogP contribution is 2.28. The van der Waals surface area contributed by atoms with Crippen LogP contribution in [0.15, 0.2) is 30.5 Å². The molecule has 0 radical (unpaired) electrons. The highest BCUT2D eigenvalue weighted by molar-refractivity contribution is 5.85. The van der Waals surface area contributed by atoms with E-state index in [2.05, 4.69) is 11.9 Å². The molecular formula is C13H14FN. The van der Waals surface area contributed by atoms with Crippen LogP contribution in [0.1, 0.15) is 31.7 Å². The lowest BCUT2D eigenvalue weighted by molar-refractivity contribution is 0.550. The van der Waals surface area contributed by atoms with E-state index >= 15 is 0 Å². The Labute approximate surface area is 89.0 Å². The number of fused-ring (bicyclic) bond motifs is 1. The van der Waals surface area contributed by atoms with E-state index in [9.17, 15) is 4.39 Å². The first-order valence-electron chi connectivity index (χ1n) is 5.27. The van der Waals surface area contributed by atoms with Gasteiger partial charge < -0.3 is 0 Å². The Balaban J connectivity index is 2.74. The molecule has 0 aliphatic carbocycles. The summed E-state index contributed by atoms with van der Waals surface area (Å²) >= 11 is 0. The van der Waals surface area contributed by atoms with Gasteiger partial charge in [-0.25, -0.2) is 4.98 Å². The molecule has 2 rings (SSSR count). The monoisotopic (exact) mass is 203 g/mol. The van der Waals surface area contributed by atoms with Crippen LogP contribution in [-0.2, 0) is 0 Å². The number of nitrogens with zero attached hydrogens (tertiary/aromatic N) is 1. The lowest BCUT2D eigenvalue weighted by Crippen LogP contribution is -1.99. The quantitative estimate of drug-likeness (QED) is 0.675. The number of rotatable bonds is 2. The molecule has 0 spiro atoms. The van der Waals surface area contributed by atoms with Crippen molar-refractivity contribution in [3.05, 3.63) is 42.0 Å². The Kier molecular flexibility index (Phi) is 2.67. The molecule has 0 aliphatic heterocycles. The molecule has 0 N–H and O–H groups in total. The molecule has 0 bridgehead atoms. The van der Waals surface area contributed by atoms with Gasteiger partial charge in [0.15, 0.2) is 0 Å². The molecule has 0 saturated heterocycles. The van der Waals surface area contributed by atoms with E-state index in [1.165, 1.54) is 0 Å². The Morgan fingerprint density at radius 2 is 2.07 bits per heavy atom. The first-order chi connectivity index (χ1) is 7.24. The van der Waals surface area contributed by atoms with Gasteiger partial charge in [-0.1, -0.05) is 38.1 Å². The molecule has 1 aromatic carbocycles. The number of hydrogen-bond donors (Lipinski definition) is 0. The third kappa shape index (κ3) is 1.72. The van der Waals surface area contributed by atoms with E-state index in [0.717, 1.165) is 22.8 Å². The van der Waals surface area contributed by atoms with Gasteiger partial charge in [-0.2, -0.15) is 4.39 Å². The minimum atomic E-state index is -0.331. The fraction of sp³-hybridized carbons (Fsp3) is 0.308. The molecular weight excluding hydrogens is 189 g/mol. The molecule has 0 amide bonds. The fourth-order valence-electron chi connectivity index (χ4n) is 1.83. The molecule has 15 heavy (non-hydrogen) atoms. The average Bonchev–Trinajstić information content (AvgIpc) is 2.28. The zero-order valence-corrected chi connectivity index (χ0v) is 9.00. The third-order valence-electron chi connectivity index (χ3n) is 2.90. The van der Waals surface area contributed by atoms with E-state index in [4.69, 9.17) is 0 Å². The summed E-state index contributed by atoms with van der Waals surface area (Å²) in [5, 5.41) is 1.99. The van der Waals surface area contributed by atoms with Gasteiger partial charge in [0.1, 0.15) is 0 Å². The molecule has 1 atom stereocenters. The Morgan fingerprint density at radius 1 is 1.33 bits per heavy atom. The number of pyridine rings is 1. The van der Waals surface area contributed by atoms with Gasteiger partial charge in [0.2, 0.25) is 5.95 Å². The van der Waals surface area contributed by atoms with Crippen molar-refractivity contribution in [2.45, 2.75) is 26.2 Å². The highest BCUT2D eigenvalue weighted by atomic mass is 19.1. The largest absolute Gasteiger partial charge is 0.227 e. The fourth-order valence-corrected chi connectivity index (χ4v) is 1.83. The van der Waals surface area contributed by atoms with Crippen molar-refractivity contribution in [1.29, 1.82) is 0 Å². The number of benzene rings is 1. The van der Waals surface area contributed by atoms with Crippen molar-refractivity contribution in [1.82, 2.24) is 4.98 Å². The van der Waals surface area contributed by atoms with Crippen LogP contribution in [0.25, 0.3) is 10.8 Å². The molecule has 1 unspecified atom stereocenters.